The molecule has 1 aromatic rings. The van der Waals surface area contributed by atoms with Gasteiger partial charge in [-0.1, -0.05) is 12.1 Å². The molecule has 4 nitrogen and oxygen atoms in total. The van der Waals surface area contributed by atoms with Gasteiger partial charge in [0.15, 0.2) is 0 Å². The molecule has 0 saturated heterocycles. The molecule has 1 aliphatic carbocycles. The molecule has 2 N–H and O–H groups in total. The monoisotopic (exact) mass is 265 g/mol. The van der Waals surface area contributed by atoms with Gasteiger partial charge in [-0.05, 0) is 37.0 Å². The van der Waals surface area contributed by atoms with E-state index in [0.717, 1.165) is 12.8 Å². The second kappa shape index (κ2) is 5.82. The van der Waals surface area contributed by atoms with Crippen LogP contribution in [0.2, 0.25) is 0 Å². The number of amides is 1. The lowest BCUT2D eigenvalue weighted by Crippen LogP contribution is -2.26. The third-order valence-electron chi connectivity index (χ3n) is 3.17. The summed E-state index contributed by atoms with van der Waals surface area (Å²) in [5.74, 6) is -2.29. The molecule has 0 spiro atoms. The Labute approximate surface area is 110 Å². The minimum absolute atomic E-state index is 0.115. The van der Waals surface area contributed by atoms with Crippen molar-refractivity contribution in [1.82, 2.24) is 5.32 Å². The number of aliphatic carboxylic acids is 1. The molecule has 19 heavy (non-hydrogen) atoms. The molecule has 0 bridgehead atoms. The summed E-state index contributed by atoms with van der Waals surface area (Å²) >= 11 is 0. The number of benzene rings is 1. The first-order chi connectivity index (χ1) is 9.06. The van der Waals surface area contributed by atoms with Crippen molar-refractivity contribution in [3.63, 3.8) is 0 Å². The molecule has 0 aromatic heterocycles. The number of hydrogen-bond donors (Lipinski definition) is 2. The predicted octanol–water partition coefficient (Wildman–Crippen LogP) is 2.05. The summed E-state index contributed by atoms with van der Waals surface area (Å²) in [6.45, 7) is 0. The molecule has 1 atom stereocenters. The van der Waals surface area contributed by atoms with E-state index in [-0.39, 0.29) is 24.8 Å². The van der Waals surface area contributed by atoms with E-state index in [1.807, 2.05) is 0 Å². The van der Waals surface area contributed by atoms with Crippen LogP contribution in [0.15, 0.2) is 24.3 Å². The van der Waals surface area contributed by atoms with Gasteiger partial charge in [-0.3, -0.25) is 9.59 Å². The van der Waals surface area contributed by atoms with Gasteiger partial charge in [0.2, 0.25) is 5.91 Å². The Balaban J connectivity index is 1.93. The maximum atomic E-state index is 12.8. The number of rotatable bonds is 6. The topological polar surface area (TPSA) is 66.4 Å². The standard InChI is InChI=1S/C14H16FNO3/c15-10-3-1-9(2-4-10)12(14(18)19)7-8-13(17)16-11-5-6-11/h1-4,11-12H,5-8H2,(H,16,17)(H,18,19). The summed E-state index contributed by atoms with van der Waals surface area (Å²) in [5, 5.41) is 12.0. The average Bonchev–Trinajstić information content (AvgIpc) is 3.15. The van der Waals surface area contributed by atoms with Crippen LogP contribution < -0.4 is 5.32 Å². The van der Waals surface area contributed by atoms with Crippen LogP contribution in [0.1, 0.15) is 37.2 Å². The van der Waals surface area contributed by atoms with E-state index in [9.17, 15) is 19.1 Å². The summed E-state index contributed by atoms with van der Waals surface area (Å²) in [6, 6.07) is 5.65. The number of carbonyl (C=O) groups excluding carboxylic acids is 1. The molecule has 1 unspecified atom stereocenters. The smallest absolute Gasteiger partial charge is 0.310 e. The summed E-state index contributed by atoms with van der Waals surface area (Å²) in [7, 11) is 0. The second-order valence-corrected chi connectivity index (χ2v) is 4.82. The lowest BCUT2D eigenvalue weighted by atomic mass is 9.94. The molecule has 102 valence electrons. The molecule has 1 amide bonds. The Morgan fingerprint density at radius 2 is 1.95 bits per heavy atom. The maximum absolute atomic E-state index is 12.8. The molecule has 0 aliphatic heterocycles. The van der Waals surface area contributed by atoms with Crippen LogP contribution in [-0.2, 0) is 9.59 Å². The van der Waals surface area contributed by atoms with Gasteiger partial charge >= 0.3 is 5.97 Å². The van der Waals surface area contributed by atoms with Crippen molar-refractivity contribution in [2.75, 3.05) is 0 Å². The molecule has 0 heterocycles. The van der Waals surface area contributed by atoms with E-state index in [1.54, 1.807) is 0 Å². The molecule has 1 fully saturated rings. The molecular weight excluding hydrogens is 249 g/mol. The summed E-state index contributed by atoms with van der Waals surface area (Å²) < 4.78 is 12.8. The van der Waals surface area contributed by atoms with Crippen LogP contribution in [0, 0.1) is 5.82 Å². The van der Waals surface area contributed by atoms with Crippen molar-refractivity contribution < 1.29 is 19.1 Å². The van der Waals surface area contributed by atoms with E-state index in [0.29, 0.717) is 5.56 Å². The molecule has 0 radical (unpaired) electrons. The van der Waals surface area contributed by atoms with Gasteiger partial charge in [-0.15, -0.1) is 0 Å². The number of carboxylic acid groups (broad SMARTS) is 1. The largest absolute Gasteiger partial charge is 0.481 e. The van der Waals surface area contributed by atoms with Crippen LogP contribution in [0.5, 0.6) is 0 Å². The highest BCUT2D eigenvalue weighted by Crippen LogP contribution is 2.23. The Bertz CT molecular complexity index is 468. The first kappa shape index (κ1) is 13.5. The number of carbonyl (C=O) groups is 2. The molecular formula is C14H16FNO3. The van der Waals surface area contributed by atoms with Crippen LogP contribution in [0.25, 0.3) is 0 Å². The van der Waals surface area contributed by atoms with Crippen LogP contribution in [0.4, 0.5) is 4.39 Å². The van der Waals surface area contributed by atoms with Gasteiger partial charge in [0.05, 0.1) is 5.92 Å². The van der Waals surface area contributed by atoms with Crippen LogP contribution in [-0.4, -0.2) is 23.0 Å². The fourth-order valence-corrected chi connectivity index (χ4v) is 1.93. The summed E-state index contributed by atoms with van der Waals surface area (Å²) in [6.07, 6.45) is 2.41. The minimum Gasteiger partial charge on any atom is -0.481 e. The molecule has 2 rings (SSSR count). The van der Waals surface area contributed by atoms with E-state index >= 15 is 0 Å². The third-order valence-corrected chi connectivity index (χ3v) is 3.17. The zero-order valence-corrected chi connectivity index (χ0v) is 10.4. The normalized spacial score (nSPS) is 15.8. The van der Waals surface area contributed by atoms with E-state index < -0.39 is 17.7 Å². The fourth-order valence-electron chi connectivity index (χ4n) is 1.93. The lowest BCUT2D eigenvalue weighted by molar-refractivity contribution is -0.139. The van der Waals surface area contributed by atoms with Crippen molar-refractivity contribution in [3.05, 3.63) is 35.6 Å². The van der Waals surface area contributed by atoms with Crippen molar-refractivity contribution in [1.29, 1.82) is 0 Å². The summed E-state index contributed by atoms with van der Waals surface area (Å²) in [4.78, 5) is 22.7. The number of carboxylic acids is 1. The first-order valence-corrected chi connectivity index (χ1v) is 6.34. The molecule has 1 saturated carbocycles. The van der Waals surface area contributed by atoms with E-state index in [4.69, 9.17) is 0 Å². The van der Waals surface area contributed by atoms with Crippen molar-refractivity contribution in [3.8, 4) is 0 Å². The van der Waals surface area contributed by atoms with Crippen molar-refractivity contribution >= 4 is 11.9 Å². The van der Waals surface area contributed by atoms with Gasteiger partial charge in [0.25, 0.3) is 0 Å². The Hall–Kier alpha value is -1.91. The maximum Gasteiger partial charge on any atom is 0.310 e. The van der Waals surface area contributed by atoms with Crippen molar-refractivity contribution in [2.24, 2.45) is 0 Å². The SMILES string of the molecule is O=C(CCC(C(=O)O)c1ccc(F)cc1)NC1CC1. The Morgan fingerprint density at radius 3 is 2.47 bits per heavy atom. The predicted molar refractivity (Wildman–Crippen MR) is 67.2 cm³/mol. The van der Waals surface area contributed by atoms with Crippen molar-refractivity contribution in [2.45, 2.75) is 37.6 Å². The van der Waals surface area contributed by atoms with Gasteiger partial charge in [-0.2, -0.15) is 0 Å². The van der Waals surface area contributed by atoms with Crippen LogP contribution in [0.3, 0.4) is 0 Å². The Kier molecular flexibility index (Phi) is 4.14. The summed E-state index contributed by atoms with van der Waals surface area (Å²) in [5.41, 5.74) is 0.521. The second-order valence-electron chi connectivity index (χ2n) is 4.82. The minimum atomic E-state index is -0.995. The van der Waals surface area contributed by atoms with E-state index in [1.165, 1.54) is 24.3 Å². The quantitative estimate of drug-likeness (QED) is 0.827. The van der Waals surface area contributed by atoms with Crippen LogP contribution >= 0.6 is 0 Å². The van der Waals surface area contributed by atoms with Gasteiger partial charge in [0.1, 0.15) is 5.82 Å². The lowest BCUT2D eigenvalue weighted by Gasteiger charge is -2.12. The molecule has 5 heteroatoms. The fraction of sp³-hybridized carbons (Fsp3) is 0.429. The first-order valence-electron chi connectivity index (χ1n) is 6.34. The van der Waals surface area contributed by atoms with Gasteiger partial charge in [0, 0.05) is 12.5 Å². The van der Waals surface area contributed by atoms with E-state index in [2.05, 4.69) is 5.32 Å². The zero-order chi connectivity index (χ0) is 13.8. The molecule has 1 aliphatic rings. The highest BCUT2D eigenvalue weighted by molar-refractivity contribution is 5.79. The zero-order valence-electron chi connectivity index (χ0n) is 10.4. The number of nitrogens with one attached hydrogen (secondary N) is 1. The number of halogens is 1. The van der Waals surface area contributed by atoms with Gasteiger partial charge in [-0.25, -0.2) is 4.39 Å². The highest BCUT2D eigenvalue weighted by atomic mass is 19.1. The third kappa shape index (κ3) is 4.05. The Morgan fingerprint density at radius 1 is 1.32 bits per heavy atom. The highest BCUT2D eigenvalue weighted by Gasteiger charge is 2.25. The molecule has 1 aromatic carbocycles. The number of hydrogen-bond acceptors (Lipinski definition) is 2. The average molecular weight is 265 g/mol. The van der Waals surface area contributed by atoms with Gasteiger partial charge < -0.3 is 10.4 Å².